The molecule has 2 aromatic carbocycles. The number of carbonyl (C=O) groups is 1. The zero-order valence-electron chi connectivity index (χ0n) is 11.5. The molecule has 2 aromatic rings. The van der Waals surface area contributed by atoms with Crippen molar-refractivity contribution in [2.45, 2.75) is 19.8 Å². The fourth-order valence-electron chi connectivity index (χ4n) is 1.89. The summed E-state index contributed by atoms with van der Waals surface area (Å²) in [5.41, 5.74) is 8.49. The number of benzene rings is 2. The van der Waals surface area contributed by atoms with Crippen LogP contribution >= 0.6 is 11.6 Å². The molecule has 3 nitrogen and oxygen atoms in total. The van der Waals surface area contributed by atoms with Gasteiger partial charge < -0.3 is 11.1 Å². The van der Waals surface area contributed by atoms with Gasteiger partial charge in [0, 0.05) is 11.4 Å². The first-order valence-corrected chi connectivity index (χ1v) is 6.81. The third-order valence-electron chi connectivity index (χ3n) is 3.05. The van der Waals surface area contributed by atoms with Crippen LogP contribution in [0.2, 0.25) is 5.02 Å². The van der Waals surface area contributed by atoms with E-state index in [0.717, 1.165) is 5.69 Å². The predicted molar refractivity (Wildman–Crippen MR) is 84.3 cm³/mol. The molecule has 0 aliphatic heterocycles. The first-order valence-electron chi connectivity index (χ1n) is 6.43. The molecule has 0 aliphatic carbocycles. The highest BCUT2D eigenvalue weighted by Gasteiger charge is 2.11. The predicted octanol–water partition coefficient (Wildman–Crippen LogP) is 4.30. The molecule has 0 radical (unpaired) electrons. The van der Waals surface area contributed by atoms with Crippen molar-refractivity contribution in [3.8, 4) is 0 Å². The molecule has 0 unspecified atom stereocenters. The Bertz CT molecular complexity index is 638. The number of nitrogen functional groups attached to an aromatic ring is 1. The highest BCUT2D eigenvalue weighted by Crippen LogP contribution is 2.22. The Labute approximate surface area is 123 Å². The second-order valence-corrected chi connectivity index (χ2v) is 5.38. The summed E-state index contributed by atoms with van der Waals surface area (Å²) in [6.07, 6.45) is 0. The average molecular weight is 289 g/mol. The van der Waals surface area contributed by atoms with E-state index in [9.17, 15) is 4.79 Å². The first kappa shape index (κ1) is 14.4. The summed E-state index contributed by atoms with van der Waals surface area (Å²) in [5, 5.41) is 3.23. The summed E-state index contributed by atoms with van der Waals surface area (Å²) in [4.78, 5) is 12.2. The maximum absolute atomic E-state index is 12.2. The molecule has 1 amide bonds. The van der Waals surface area contributed by atoms with Crippen LogP contribution in [-0.4, -0.2) is 5.91 Å². The minimum atomic E-state index is -0.261. The van der Waals surface area contributed by atoms with E-state index in [1.807, 2.05) is 24.3 Å². The Hall–Kier alpha value is -2.00. The van der Waals surface area contributed by atoms with E-state index in [4.69, 9.17) is 17.3 Å². The summed E-state index contributed by atoms with van der Waals surface area (Å²) < 4.78 is 0. The van der Waals surface area contributed by atoms with Crippen molar-refractivity contribution in [3.05, 3.63) is 58.6 Å². The molecule has 4 heteroatoms. The van der Waals surface area contributed by atoms with Crippen molar-refractivity contribution in [3.63, 3.8) is 0 Å². The maximum atomic E-state index is 12.2. The van der Waals surface area contributed by atoms with Crippen LogP contribution in [0.25, 0.3) is 0 Å². The summed E-state index contributed by atoms with van der Waals surface area (Å²) in [5.74, 6) is 0.144. The van der Waals surface area contributed by atoms with Crippen LogP contribution < -0.4 is 11.1 Å². The fraction of sp³-hybridized carbons (Fsp3) is 0.188. The van der Waals surface area contributed by atoms with Gasteiger partial charge in [0.05, 0.1) is 10.6 Å². The molecule has 3 N–H and O–H groups in total. The van der Waals surface area contributed by atoms with Crippen LogP contribution in [0.3, 0.4) is 0 Å². The van der Waals surface area contributed by atoms with Crippen LogP contribution in [-0.2, 0) is 0 Å². The quantitative estimate of drug-likeness (QED) is 0.828. The minimum absolute atomic E-state index is 0.261. The molecule has 0 heterocycles. The fourth-order valence-corrected chi connectivity index (χ4v) is 2.09. The third kappa shape index (κ3) is 3.31. The van der Waals surface area contributed by atoms with Crippen molar-refractivity contribution in [1.82, 2.24) is 0 Å². The monoisotopic (exact) mass is 288 g/mol. The Balaban J connectivity index is 2.23. The smallest absolute Gasteiger partial charge is 0.257 e. The number of hydrogen-bond donors (Lipinski definition) is 2. The molecular weight excluding hydrogens is 272 g/mol. The van der Waals surface area contributed by atoms with Crippen molar-refractivity contribution in [2.75, 3.05) is 11.1 Å². The van der Waals surface area contributed by atoms with Crippen molar-refractivity contribution in [1.29, 1.82) is 0 Å². The molecule has 0 aliphatic rings. The normalized spacial score (nSPS) is 10.6. The lowest BCUT2D eigenvalue weighted by Gasteiger charge is -2.10. The number of rotatable bonds is 3. The molecular formula is C16H17ClN2O. The second kappa shape index (κ2) is 5.97. The summed E-state index contributed by atoms with van der Waals surface area (Å²) in [7, 11) is 0. The molecule has 20 heavy (non-hydrogen) atoms. The molecule has 0 aromatic heterocycles. The summed E-state index contributed by atoms with van der Waals surface area (Å²) >= 11 is 6.02. The number of halogens is 1. The Morgan fingerprint density at radius 3 is 2.65 bits per heavy atom. The van der Waals surface area contributed by atoms with Crippen molar-refractivity contribution in [2.24, 2.45) is 0 Å². The van der Waals surface area contributed by atoms with Crippen molar-refractivity contribution >= 4 is 28.9 Å². The lowest BCUT2D eigenvalue weighted by atomic mass is 10.0. The lowest BCUT2D eigenvalue weighted by Crippen LogP contribution is -2.13. The molecule has 0 saturated carbocycles. The number of anilines is 2. The minimum Gasteiger partial charge on any atom is -0.399 e. The summed E-state index contributed by atoms with van der Waals surface area (Å²) in [6.45, 7) is 4.21. The number of carbonyl (C=O) groups excluding carboxylic acids is 1. The Kier molecular flexibility index (Phi) is 4.30. The lowest BCUT2D eigenvalue weighted by molar-refractivity contribution is 0.102. The van der Waals surface area contributed by atoms with Crippen LogP contribution in [0.5, 0.6) is 0 Å². The van der Waals surface area contributed by atoms with Crippen LogP contribution in [0.1, 0.15) is 35.7 Å². The van der Waals surface area contributed by atoms with E-state index < -0.39 is 0 Å². The van der Waals surface area contributed by atoms with E-state index in [-0.39, 0.29) is 5.91 Å². The van der Waals surface area contributed by atoms with Crippen molar-refractivity contribution < 1.29 is 4.79 Å². The van der Waals surface area contributed by atoms with Gasteiger partial charge in [-0.1, -0.05) is 37.6 Å². The molecule has 0 spiro atoms. The highest BCUT2D eigenvalue weighted by atomic mass is 35.5. The molecule has 2 rings (SSSR count). The third-order valence-corrected chi connectivity index (χ3v) is 3.38. The molecule has 0 atom stereocenters. The standard InChI is InChI=1S/C16H17ClN2O/c1-10(2)11-4-3-5-13(8-11)19-16(20)14-9-12(18)6-7-15(14)17/h3-10H,18H2,1-2H3,(H,19,20). The van der Waals surface area contributed by atoms with Gasteiger partial charge in [-0.3, -0.25) is 4.79 Å². The van der Waals surface area contributed by atoms with Gasteiger partial charge in [0.1, 0.15) is 0 Å². The van der Waals surface area contributed by atoms with Gasteiger partial charge in [0.15, 0.2) is 0 Å². The Morgan fingerprint density at radius 1 is 1.20 bits per heavy atom. The molecule has 0 fully saturated rings. The highest BCUT2D eigenvalue weighted by molar-refractivity contribution is 6.34. The van der Waals surface area contributed by atoms with Gasteiger partial charge in [0.2, 0.25) is 0 Å². The largest absolute Gasteiger partial charge is 0.399 e. The van der Waals surface area contributed by atoms with Gasteiger partial charge >= 0.3 is 0 Å². The van der Waals surface area contributed by atoms with Gasteiger partial charge in [-0.25, -0.2) is 0 Å². The zero-order valence-corrected chi connectivity index (χ0v) is 12.2. The van der Waals surface area contributed by atoms with E-state index in [2.05, 4.69) is 19.2 Å². The van der Waals surface area contributed by atoms with Crippen LogP contribution in [0.15, 0.2) is 42.5 Å². The van der Waals surface area contributed by atoms with Gasteiger partial charge in [-0.05, 0) is 41.8 Å². The SMILES string of the molecule is CC(C)c1cccc(NC(=O)c2cc(N)ccc2Cl)c1. The first-order chi connectivity index (χ1) is 9.47. The number of hydrogen-bond acceptors (Lipinski definition) is 2. The maximum Gasteiger partial charge on any atom is 0.257 e. The van der Waals surface area contributed by atoms with E-state index >= 15 is 0 Å². The Morgan fingerprint density at radius 2 is 1.95 bits per heavy atom. The summed E-state index contributed by atoms with van der Waals surface area (Å²) in [6, 6.07) is 12.6. The molecule has 0 bridgehead atoms. The average Bonchev–Trinajstić information content (AvgIpc) is 2.41. The van der Waals surface area contributed by atoms with E-state index in [1.165, 1.54) is 5.56 Å². The van der Waals surface area contributed by atoms with E-state index in [0.29, 0.717) is 22.2 Å². The number of nitrogens with two attached hydrogens (primary N) is 1. The van der Waals surface area contributed by atoms with Crippen LogP contribution in [0, 0.1) is 0 Å². The molecule has 0 saturated heterocycles. The number of amides is 1. The van der Waals surface area contributed by atoms with Gasteiger partial charge in [0.25, 0.3) is 5.91 Å². The zero-order chi connectivity index (χ0) is 14.7. The van der Waals surface area contributed by atoms with Gasteiger partial charge in [-0.15, -0.1) is 0 Å². The van der Waals surface area contributed by atoms with E-state index in [1.54, 1.807) is 18.2 Å². The second-order valence-electron chi connectivity index (χ2n) is 4.97. The topological polar surface area (TPSA) is 55.1 Å². The molecule has 104 valence electrons. The number of nitrogens with one attached hydrogen (secondary N) is 1. The van der Waals surface area contributed by atoms with Gasteiger partial charge in [-0.2, -0.15) is 0 Å². The van der Waals surface area contributed by atoms with Crippen LogP contribution in [0.4, 0.5) is 11.4 Å².